The number of halogens is 2. The fourth-order valence-electron chi connectivity index (χ4n) is 3.13. The first-order valence-corrected chi connectivity index (χ1v) is 9.53. The molecule has 10 heteroatoms. The SMILES string of the molecule is CC(c1ccc(-n2cncn2)cc1)N(C)Cc1nc(-c2ccccc2OC(F)F)no1. The van der Waals surface area contributed by atoms with E-state index in [-0.39, 0.29) is 17.6 Å². The van der Waals surface area contributed by atoms with E-state index in [9.17, 15) is 8.78 Å². The number of para-hydroxylation sites is 1. The average molecular weight is 426 g/mol. The smallest absolute Gasteiger partial charge is 0.387 e. The normalized spacial score (nSPS) is 12.5. The van der Waals surface area contributed by atoms with Crippen molar-refractivity contribution in [1.82, 2.24) is 29.8 Å². The van der Waals surface area contributed by atoms with Crippen LogP contribution in [-0.2, 0) is 6.54 Å². The molecule has 0 aliphatic carbocycles. The van der Waals surface area contributed by atoms with Gasteiger partial charge < -0.3 is 9.26 Å². The summed E-state index contributed by atoms with van der Waals surface area (Å²) in [4.78, 5) is 10.3. The molecule has 2 aromatic carbocycles. The van der Waals surface area contributed by atoms with Crippen molar-refractivity contribution in [3.05, 3.63) is 72.6 Å². The van der Waals surface area contributed by atoms with E-state index in [1.807, 2.05) is 36.2 Å². The fraction of sp³-hybridized carbons (Fsp3) is 0.238. The number of hydrogen-bond acceptors (Lipinski definition) is 7. The summed E-state index contributed by atoms with van der Waals surface area (Å²) in [6, 6.07) is 14.4. The maximum Gasteiger partial charge on any atom is 0.387 e. The highest BCUT2D eigenvalue weighted by molar-refractivity contribution is 5.63. The molecule has 0 fully saturated rings. The highest BCUT2D eigenvalue weighted by Crippen LogP contribution is 2.29. The Bertz CT molecular complexity index is 1120. The molecule has 31 heavy (non-hydrogen) atoms. The maximum atomic E-state index is 12.6. The molecule has 2 heterocycles. The van der Waals surface area contributed by atoms with Crippen LogP contribution in [0.4, 0.5) is 8.78 Å². The molecular weight excluding hydrogens is 406 g/mol. The van der Waals surface area contributed by atoms with Gasteiger partial charge in [-0.1, -0.05) is 29.4 Å². The molecule has 0 spiro atoms. The van der Waals surface area contributed by atoms with Crippen LogP contribution in [0.1, 0.15) is 24.4 Å². The molecule has 0 aliphatic rings. The average Bonchev–Trinajstić information content (AvgIpc) is 3.46. The molecule has 2 aromatic heterocycles. The van der Waals surface area contributed by atoms with Crippen LogP contribution >= 0.6 is 0 Å². The lowest BCUT2D eigenvalue weighted by Crippen LogP contribution is -2.22. The first kappa shape index (κ1) is 20.6. The largest absolute Gasteiger partial charge is 0.434 e. The van der Waals surface area contributed by atoms with Gasteiger partial charge in [0.15, 0.2) is 0 Å². The van der Waals surface area contributed by atoms with Crippen LogP contribution < -0.4 is 4.74 Å². The third kappa shape index (κ3) is 4.75. The third-order valence-corrected chi connectivity index (χ3v) is 4.92. The summed E-state index contributed by atoms with van der Waals surface area (Å²) in [6.45, 7) is -0.486. The second kappa shape index (κ2) is 9.00. The van der Waals surface area contributed by atoms with E-state index in [2.05, 4.69) is 31.9 Å². The second-order valence-electron chi connectivity index (χ2n) is 6.91. The summed E-state index contributed by atoms with van der Waals surface area (Å²) < 4.78 is 36.9. The molecule has 4 aromatic rings. The van der Waals surface area contributed by atoms with Crippen LogP contribution in [0, 0.1) is 0 Å². The predicted molar refractivity (Wildman–Crippen MR) is 108 cm³/mol. The summed E-state index contributed by atoms with van der Waals surface area (Å²) in [6.07, 6.45) is 3.13. The lowest BCUT2D eigenvalue weighted by molar-refractivity contribution is -0.0494. The Hall–Kier alpha value is -3.66. The summed E-state index contributed by atoms with van der Waals surface area (Å²) in [5, 5.41) is 8.04. The van der Waals surface area contributed by atoms with E-state index in [0.717, 1.165) is 11.3 Å². The monoisotopic (exact) mass is 426 g/mol. The quantitative estimate of drug-likeness (QED) is 0.419. The predicted octanol–water partition coefficient (Wildman–Crippen LogP) is 4.11. The Labute approximate surface area is 177 Å². The van der Waals surface area contributed by atoms with Gasteiger partial charge in [0.2, 0.25) is 11.7 Å². The van der Waals surface area contributed by atoms with Gasteiger partial charge in [0, 0.05) is 6.04 Å². The maximum absolute atomic E-state index is 12.6. The molecule has 0 radical (unpaired) electrons. The zero-order valence-corrected chi connectivity index (χ0v) is 16.9. The van der Waals surface area contributed by atoms with E-state index in [1.165, 1.54) is 12.4 Å². The molecule has 1 unspecified atom stereocenters. The molecule has 160 valence electrons. The van der Waals surface area contributed by atoms with Crippen molar-refractivity contribution in [2.75, 3.05) is 7.05 Å². The zero-order valence-electron chi connectivity index (χ0n) is 16.9. The Morgan fingerprint density at radius 1 is 1.13 bits per heavy atom. The van der Waals surface area contributed by atoms with E-state index >= 15 is 0 Å². The molecule has 1 atom stereocenters. The number of rotatable bonds is 8. The summed E-state index contributed by atoms with van der Waals surface area (Å²) >= 11 is 0. The van der Waals surface area contributed by atoms with Gasteiger partial charge in [0.05, 0.1) is 17.8 Å². The number of hydrogen-bond donors (Lipinski definition) is 0. The summed E-state index contributed by atoms with van der Waals surface area (Å²) in [7, 11) is 1.94. The number of alkyl halides is 2. The topological polar surface area (TPSA) is 82.1 Å². The third-order valence-electron chi connectivity index (χ3n) is 4.92. The Kier molecular flexibility index (Phi) is 5.99. The van der Waals surface area contributed by atoms with Crippen LogP contribution in [-0.4, -0.2) is 43.5 Å². The molecule has 0 N–H and O–H groups in total. The fourth-order valence-corrected chi connectivity index (χ4v) is 3.13. The Balaban J connectivity index is 1.45. The van der Waals surface area contributed by atoms with Gasteiger partial charge in [0.25, 0.3) is 0 Å². The van der Waals surface area contributed by atoms with Crippen LogP contribution in [0.5, 0.6) is 5.75 Å². The van der Waals surface area contributed by atoms with E-state index in [0.29, 0.717) is 18.0 Å². The van der Waals surface area contributed by atoms with Gasteiger partial charge in [0.1, 0.15) is 18.4 Å². The van der Waals surface area contributed by atoms with E-state index in [1.54, 1.807) is 29.2 Å². The number of aromatic nitrogens is 5. The highest BCUT2D eigenvalue weighted by Gasteiger charge is 2.19. The van der Waals surface area contributed by atoms with Gasteiger partial charge in [-0.25, -0.2) is 9.67 Å². The van der Waals surface area contributed by atoms with Gasteiger partial charge in [-0.2, -0.15) is 18.9 Å². The van der Waals surface area contributed by atoms with E-state index in [4.69, 9.17) is 4.52 Å². The number of nitrogens with zero attached hydrogens (tertiary/aromatic N) is 6. The first-order valence-electron chi connectivity index (χ1n) is 9.53. The van der Waals surface area contributed by atoms with Gasteiger partial charge >= 0.3 is 6.61 Å². The standard InChI is InChI=1S/C21H20F2N6O2/c1-14(15-7-9-16(10-8-15)29-13-24-12-25-29)28(2)11-19-26-20(27-31-19)17-5-3-4-6-18(17)30-21(22)23/h3-10,12-14,21H,11H2,1-2H3. The van der Waals surface area contributed by atoms with Crippen molar-refractivity contribution in [2.24, 2.45) is 0 Å². The Morgan fingerprint density at radius 3 is 2.61 bits per heavy atom. The number of ether oxygens (including phenoxy) is 1. The van der Waals surface area contributed by atoms with Gasteiger partial charge in [-0.15, -0.1) is 0 Å². The molecule has 8 nitrogen and oxygen atoms in total. The molecular formula is C21H20F2N6O2. The van der Waals surface area contributed by atoms with Crippen molar-refractivity contribution in [2.45, 2.75) is 26.1 Å². The van der Waals surface area contributed by atoms with E-state index < -0.39 is 6.61 Å². The van der Waals surface area contributed by atoms with Gasteiger partial charge in [-0.3, -0.25) is 4.90 Å². The van der Waals surface area contributed by atoms with Crippen LogP contribution in [0.2, 0.25) is 0 Å². The van der Waals surface area contributed by atoms with Crippen LogP contribution in [0.15, 0.2) is 65.7 Å². The minimum atomic E-state index is -2.93. The lowest BCUT2D eigenvalue weighted by atomic mass is 10.1. The lowest BCUT2D eigenvalue weighted by Gasteiger charge is -2.23. The number of benzene rings is 2. The van der Waals surface area contributed by atoms with Crippen LogP contribution in [0.3, 0.4) is 0 Å². The van der Waals surface area contributed by atoms with Crippen molar-refractivity contribution in [3.8, 4) is 22.8 Å². The molecule has 4 rings (SSSR count). The van der Waals surface area contributed by atoms with Crippen molar-refractivity contribution in [1.29, 1.82) is 0 Å². The molecule has 0 saturated heterocycles. The van der Waals surface area contributed by atoms with Crippen molar-refractivity contribution < 1.29 is 18.0 Å². The molecule has 0 aliphatic heterocycles. The molecule has 0 bridgehead atoms. The van der Waals surface area contributed by atoms with Gasteiger partial charge in [-0.05, 0) is 43.8 Å². The summed E-state index contributed by atoms with van der Waals surface area (Å²) in [5.41, 5.74) is 2.36. The zero-order chi connectivity index (χ0) is 21.8. The second-order valence-corrected chi connectivity index (χ2v) is 6.91. The van der Waals surface area contributed by atoms with Crippen molar-refractivity contribution >= 4 is 0 Å². The van der Waals surface area contributed by atoms with Crippen LogP contribution in [0.25, 0.3) is 17.1 Å². The summed E-state index contributed by atoms with van der Waals surface area (Å²) in [5.74, 6) is 0.568. The minimum Gasteiger partial charge on any atom is -0.434 e. The molecule has 0 saturated carbocycles. The molecule has 0 amide bonds. The highest BCUT2D eigenvalue weighted by atomic mass is 19.3. The Morgan fingerprint density at radius 2 is 1.90 bits per heavy atom. The minimum absolute atomic E-state index is 0.000885. The van der Waals surface area contributed by atoms with Crippen molar-refractivity contribution in [3.63, 3.8) is 0 Å². The first-order chi connectivity index (χ1) is 15.0.